The van der Waals surface area contributed by atoms with E-state index in [1.807, 2.05) is 0 Å². The van der Waals surface area contributed by atoms with E-state index in [2.05, 4.69) is 4.98 Å². The van der Waals surface area contributed by atoms with E-state index in [0.29, 0.717) is 29.7 Å². The van der Waals surface area contributed by atoms with Crippen LogP contribution < -0.4 is 10.3 Å². The van der Waals surface area contributed by atoms with Gasteiger partial charge in [0.1, 0.15) is 12.0 Å². The summed E-state index contributed by atoms with van der Waals surface area (Å²) in [5, 5.41) is 0. The Hall–Kier alpha value is -2.17. The van der Waals surface area contributed by atoms with Gasteiger partial charge in [0, 0.05) is 25.1 Å². The van der Waals surface area contributed by atoms with E-state index in [1.165, 1.54) is 10.6 Å². The van der Waals surface area contributed by atoms with Crippen molar-refractivity contribution in [3.63, 3.8) is 0 Å². The van der Waals surface area contributed by atoms with Crippen LogP contribution in [0.1, 0.15) is 6.42 Å². The topological polar surface area (TPSA) is 61.2 Å². The van der Waals surface area contributed by atoms with E-state index in [-0.39, 0.29) is 5.56 Å². The van der Waals surface area contributed by atoms with Gasteiger partial charge >= 0.3 is 0 Å². The van der Waals surface area contributed by atoms with Gasteiger partial charge < -0.3 is 14.1 Å². The van der Waals surface area contributed by atoms with Crippen molar-refractivity contribution in [3.8, 4) is 5.75 Å². The highest BCUT2D eigenvalue weighted by Crippen LogP contribution is 2.16. The normalized spacial score (nSPS) is 10.4. The van der Waals surface area contributed by atoms with Crippen molar-refractivity contribution in [1.82, 2.24) is 9.55 Å². The number of pyridine rings is 2. The molecule has 0 spiro atoms. The van der Waals surface area contributed by atoms with Gasteiger partial charge in [-0.3, -0.25) is 9.78 Å². The first-order valence-electron chi connectivity index (χ1n) is 5.23. The van der Waals surface area contributed by atoms with Crippen LogP contribution in [0.5, 0.6) is 5.75 Å². The van der Waals surface area contributed by atoms with Gasteiger partial charge in [-0.25, -0.2) is 0 Å². The minimum atomic E-state index is -0.144. The van der Waals surface area contributed by atoms with Gasteiger partial charge in [-0.1, -0.05) is 0 Å². The van der Waals surface area contributed by atoms with Gasteiger partial charge in [0.15, 0.2) is 0 Å². The number of aromatic nitrogens is 2. The molecule has 88 valence electrons. The molecule has 0 radical (unpaired) electrons. The molecule has 0 unspecified atom stereocenters. The Labute approximate surface area is 97.7 Å². The van der Waals surface area contributed by atoms with Gasteiger partial charge in [0.25, 0.3) is 5.56 Å². The maximum absolute atomic E-state index is 11.7. The van der Waals surface area contributed by atoms with Crippen LogP contribution >= 0.6 is 0 Å². The fourth-order valence-electron chi connectivity index (χ4n) is 1.67. The molecule has 0 saturated heterocycles. The second kappa shape index (κ2) is 4.78. The van der Waals surface area contributed by atoms with Gasteiger partial charge in [0.05, 0.1) is 24.3 Å². The molecule has 0 amide bonds. The molecule has 0 aromatic carbocycles. The van der Waals surface area contributed by atoms with Crippen LogP contribution in [0.3, 0.4) is 0 Å². The summed E-state index contributed by atoms with van der Waals surface area (Å²) in [7, 11) is 1.54. The largest absolute Gasteiger partial charge is 0.495 e. The number of ether oxygens (including phenoxy) is 1. The second-order valence-electron chi connectivity index (χ2n) is 3.56. The van der Waals surface area contributed by atoms with Crippen LogP contribution in [-0.4, -0.2) is 22.9 Å². The summed E-state index contributed by atoms with van der Waals surface area (Å²) in [5.41, 5.74) is 1.24. The number of hydrogen-bond acceptors (Lipinski definition) is 4. The van der Waals surface area contributed by atoms with Crippen LogP contribution in [0.2, 0.25) is 0 Å². The van der Waals surface area contributed by atoms with E-state index in [4.69, 9.17) is 4.74 Å². The molecule has 2 aromatic heterocycles. The lowest BCUT2D eigenvalue weighted by atomic mass is 10.3. The fourth-order valence-corrected chi connectivity index (χ4v) is 1.67. The Balaban J connectivity index is 2.64. The molecule has 0 bridgehead atoms. The predicted molar refractivity (Wildman–Crippen MR) is 63.2 cm³/mol. The lowest BCUT2D eigenvalue weighted by molar-refractivity contribution is -0.108. The molecule has 5 nitrogen and oxygen atoms in total. The standard InChI is InChI=1S/C12H12N2O3/c1-17-9-7-11-10(13-8-9)3-4-12(16)14(11)5-2-6-15/h3-4,6-8H,2,5H2,1H3. The number of carbonyl (C=O) groups excluding carboxylic acids is 1. The van der Waals surface area contributed by atoms with Crippen LogP contribution in [0.4, 0.5) is 0 Å². The minimum Gasteiger partial charge on any atom is -0.495 e. The van der Waals surface area contributed by atoms with E-state index in [0.717, 1.165) is 6.29 Å². The Morgan fingerprint density at radius 2 is 2.29 bits per heavy atom. The first kappa shape index (κ1) is 11.3. The highest BCUT2D eigenvalue weighted by atomic mass is 16.5. The second-order valence-corrected chi connectivity index (χ2v) is 3.56. The average molecular weight is 232 g/mol. The van der Waals surface area contributed by atoms with Crippen molar-refractivity contribution < 1.29 is 9.53 Å². The van der Waals surface area contributed by atoms with Gasteiger partial charge in [-0.05, 0) is 6.07 Å². The number of fused-ring (bicyclic) bond motifs is 1. The maximum Gasteiger partial charge on any atom is 0.251 e. The molecule has 0 aliphatic heterocycles. The molecule has 5 heteroatoms. The van der Waals surface area contributed by atoms with E-state index < -0.39 is 0 Å². The summed E-state index contributed by atoms with van der Waals surface area (Å²) in [6.45, 7) is 0.356. The molecule has 2 heterocycles. The molecule has 2 rings (SSSR count). The van der Waals surface area contributed by atoms with Crippen molar-refractivity contribution in [3.05, 3.63) is 34.7 Å². The van der Waals surface area contributed by atoms with E-state index in [9.17, 15) is 9.59 Å². The number of nitrogens with zero attached hydrogens (tertiary/aromatic N) is 2. The summed E-state index contributed by atoms with van der Waals surface area (Å²) < 4.78 is 6.60. The van der Waals surface area contributed by atoms with Crippen molar-refractivity contribution in [1.29, 1.82) is 0 Å². The van der Waals surface area contributed by atoms with Crippen molar-refractivity contribution in [2.45, 2.75) is 13.0 Å². The fraction of sp³-hybridized carbons (Fsp3) is 0.250. The lowest BCUT2D eigenvalue weighted by Gasteiger charge is -2.08. The number of aryl methyl sites for hydroxylation is 1. The monoisotopic (exact) mass is 232 g/mol. The molecule has 0 saturated carbocycles. The zero-order valence-corrected chi connectivity index (χ0v) is 9.42. The van der Waals surface area contributed by atoms with Crippen molar-refractivity contribution in [2.75, 3.05) is 7.11 Å². The third kappa shape index (κ3) is 2.18. The Kier molecular flexibility index (Phi) is 3.18. The predicted octanol–water partition coefficient (Wildman–Crippen LogP) is 0.994. The Morgan fingerprint density at radius 1 is 1.47 bits per heavy atom. The third-order valence-electron chi connectivity index (χ3n) is 2.52. The van der Waals surface area contributed by atoms with Crippen LogP contribution in [0.15, 0.2) is 29.2 Å². The number of methoxy groups -OCH3 is 1. The number of rotatable bonds is 4. The quantitative estimate of drug-likeness (QED) is 0.738. The Morgan fingerprint density at radius 3 is 3.00 bits per heavy atom. The molecule has 0 fully saturated rings. The summed E-state index contributed by atoms with van der Waals surface area (Å²) in [4.78, 5) is 26.3. The van der Waals surface area contributed by atoms with Crippen LogP contribution in [0.25, 0.3) is 11.0 Å². The molecule has 0 aliphatic carbocycles. The van der Waals surface area contributed by atoms with Crippen LogP contribution in [-0.2, 0) is 11.3 Å². The van der Waals surface area contributed by atoms with Gasteiger partial charge in [0.2, 0.25) is 0 Å². The highest BCUT2D eigenvalue weighted by molar-refractivity contribution is 5.75. The molecular formula is C12H12N2O3. The lowest BCUT2D eigenvalue weighted by Crippen LogP contribution is -2.19. The minimum absolute atomic E-state index is 0.144. The third-order valence-corrected chi connectivity index (χ3v) is 2.52. The number of hydrogen-bond donors (Lipinski definition) is 0. The summed E-state index contributed by atoms with van der Waals surface area (Å²) in [6.07, 6.45) is 2.69. The van der Waals surface area contributed by atoms with E-state index in [1.54, 1.807) is 25.4 Å². The van der Waals surface area contributed by atoms with E-state index >= 15 is 0 Å². The molecule has 0 atom stereocenters. The van der Waals surface area contributed by atoms with Crippen LogP contribution in [0, 0.1) is 0 Å². The molecular weight excluding hydrogens is 220 g/mol. The zero-order valence-electron chi connectivity index (χ0n) is 9.42. The first-order valence-corrected chi connectivity index (χ1v) is 5.23. The molecule has 2 aromatic rings. The molecule has 17 heavy (non-hydrogen) atoms. The number of carbonyl (C=O) groups is 1. The van der Waals surface area contributed by atoms with Crippen molar-refractivity contribution >= 4 is 17.3 Å². The summed E-state index contributed by atoms with van der Waals surface area (Å²) >= 11 is 0. The maximum atomic E-state index is 11.7. The van der Waals surface area contributed by atoms with Gasteiger partial charge in [-0.15, -0.1) is 0 Å². The summed E-state index contributed by atoms with van der Waals surface area (Å²) in [6, 6.07) is 4.86. The SMILES string of the molecule is COc1cnc2ccc(=O)n(CCC=O)c2c1. The van der Waals surface area contributed by atoms with Crippen molar-refractivity contribution in [2.24, 2.45) is 0 Å². The highest BCUT2D eigenvalue weighted by Gasteiger charge is 2.05. The average Bonchev–Trinajstić information content (AvgIpc) is 2.37. The molecule has 0 N–H and O–H groups in total. The Bertz CT molecular complexity index is 604. The smallest absolute Gasteiger partial charge is 0.251 e. The summed E-state index contributed by atoms with van der Waals surface area (Å²) in [5.74, 6) is 0.586. The first-order chi connectivity index (χ1) is 8.26. The van der Waals surface area contributed by atoms with Gasteiger partial charge in [-0.2, -0.15) is 0 Å². The zero-order chi connectivity index (χ0) is 12.3. The molecule has 0 aliphatic rings. The number of aldehydes is 1.